The van der Waals surface area contributed by atoms with Crippen LogP contribution < -0.4 is 0 Å². The van der Waals surface area contributed by atoms with E-state index in [1.54, 1.807) is 0 Å². The Hall–Kier alpha value is -1.06. The topological polar surface area (TPSA) is 27.1 Å². The number of ether oxygens (including phenoxy) is 1. The van der Waals surface area contributed by atoms with Crippen LogP contribution in [0.25, 0.3) is 11.0 Å². The summed E-state index contributed by atoms with van der Waals surface area (Å²) in [7, 11) is 0. The van der Waals surface area contributed by atoms with Crippen LogP contribution in [-0.4, -0.2) is 22.8 Å². The number of nitrogens with zero attached hydrogens (tertiary/aromatic N) is 2. The first-order valence-corrected chi connectivity index (χ1v) is 7.31. The maximum Gasteiger partial charge on any atom is 0.128 e. The lowest BCUT2D eigenvalue weighted by atomic mass is 10.1. The Labute approximate surface area is 118 Å². The molecule has 1 aromatic heterocycles. The number of aryl methyl sites for hydroxylation is 1. The van der Waals surface area contributed by atoms with Crippen molar-refractivity contribution < 1.29 is 4.74 Å². The summed E-state index contributed by atoms with van der Waals surface area (Å²) in [5, 5.41) is -0.0891. The van der Waals surface area contributed by atoms with Gasteiger partial charge < -0.3 is 9.30 Å². The van der Waals surface area contributed by atoms with Crippen molar-refractivity contribution in [2.45, 2.75) is 38.1 Å². The molecule has 4 heteroatoms. The number of halogens is 1. The van der Waals surface area contributed by atoms with Crippen molar-refractivity contribution in [2.24, 2.45) is 0 Å². The molecule has 102 valence electrons. The van der Waals surface area contributed by atoms with E-state index in [2.05, 4.69) is 29.7 Å². The number of rotatable bonds is 2. The highest BCUT2D eigenvalue weighted by molar-refractivity contribution is 6.20. The summed E-state index contributed by atoms with van der Waals surface area (Å²) in [5.74, 6) is 0.960. The minimum absolute atomic E-state index is 0.0891. The number of para-hydroxylation sites is 1. The molecule has 0 spiro atoms. The van der Waals surface area contributed by atoms with Gasteiger partial charge in [0.2, 0.25) is 0 Å². The van der Waals surface area contributed by atoms with E-state index >= 15 is 0 Å². The van der Waals surface area contributed by atoms with Gasteiger partial charge in [0.1, 0.15) is 5.82 Å². The van der Waals surface area contributed by atoms with Crippen molar-refractivity contribution in [2.75, 3.05) is 13.2 Å². The molecule has 0 aliphatic carbocycles. The van der Waals surface area contributed by atoms with E-state index in [1.807, 2.05) is 6.92 Å². The van der Waals surface area contributed by atoms with Crippen molar-refractivity contribution in [1.82, 2.24) is 9.55 Å². The monoisotopic (exact) mass is 278 g/mol. The Kier molecular flexibility index (Phi) is 3.50. The second kappa shape index (κ2) is 5.14. The Balaban J connectivity index is 2.20. The minimum Gasteiger partial charge on any atom is -0.379 e. The molecule has 0 amide bonds. The Morgan fingerprint density at radius 1 is 1.47 bits per heavy atom. The number of imidazole rings is 1. The van der Waals surface area contributed by atoms with Crippen LogP contribution in [0.15, 0.2) is 18.2 Å². The van der Waals surface area contributed by atoms with E-state index in [0.717, 1.165) is 37.4 Å². The van der Waals surface area contributed by atoms with E-state index in [1.165, 1.54) is 11.1 Å². The average Bonchev–Trinajstić information content (AvgIpc) is 2.81. The normalized spacial score (nSPS) is 21.7. The van der Waals surface area contributed by atoms with Crippen LogP contribution in [0.3, 0.4) is 0 Å². The molecule has 2 heterocycles. The highest BCUT2D eigenvalue weighted by Crippen LogP contribution is 2.32. The Morgan fingerprint density at radius 3 is 3.00 bits per heavy atom. The third-order valence-electron chi connectivity index (χ3n) is 3.80. The first kappa shape index (κ1) is 12.9. The number of hydrogen-bond donors (Lipinski definition) is 0. The highest BCUT2D eigenvalue weighted by Gasteiger charge is 2.24. The van der Waals surface area contributed by atoms with Gasteiger partial charge in [-0.05, 0) is 38.3 Å². The molecular weight excluding hydrogens is 260 g/mol. The predicted octanol–water partition coefficient (Wildman–Crippen LogP) is 4.00. The largest absolute Gasteiger partial charge is 0.379 e. The van der Waals surface area contributed by atoms with Gasteiger partial charge in [-0.15, -0.1) is 11.6 Å². The van der Waals surface area contributed by atoms with E-state index in [-0.39, 0.29) is 5.38 Å². The first-order chi connectivity index (χ1) is 9.18. The van der Waals surface area contributed by atoms with Gasteiger partial charge >= 0.3 is 0 Å². The molecule has 0 saturated carbocycles. The summed E-state index contributed by atoms with van der Waals surface area (Å²) >= 11 is 6.33. The van der Waals surface area contributed by atoms with Crippen LogP contribution in [-0.2, 0) is 4.74 Å². The summed E-state index contributed by atoms with van der Waals surface area (Å²) in [6.45, 7) is 5.75. The molecule has 0 radical (unpaired) electrons. The molecule has 1 saturated heterocycles. The van der Waals surface area contributed by atoms with Crippen LogP contribution in [0, 0.1) is 6.92 Å². The lowest BCUT2D eigenvalue weighted by Gasteiger charge is -2.26. The fraction of sp³-hybridized carbons (Fsp3) is 0.533. The molecule has 1 fully saturated rings. The van der Waals surface area contributed by atoms with Gasteiger partial charge in [0.15, 0.2) is 0 Å². The van der Waals surface area contributed by atoms with Gasteiger partial charge in [0.05, 0.1) is 29.1 Å². The van der Waals surface area contributed by atoms with Gasteiger partial charge in [-0.1, -0.05) is 12.1 Å². The van der Waals surface area contributed by atoms with Crippen molar-refractivity contribution in [1.29, 1.82) is 0 Å². The van der Waals surface area contributed by atoms with E-state index in [0.29, 0.717) is 6.04 Å². The molecule has 1 aliphatic heterocycles. The smallest absolute Gasteiger partial charge is 0.128 e. The van der Waals surface area contributed by atoms with Gasteiger partial charge in [-0.2, -0.15) is 0 Å². The summed E-state index contributed by atoms with van der Waals surface area (Å²) in [4.78, 5) is 4.72. The molecule has 1 aliphatic rings. The van der Waals surface area contributed by atoms with E-state index in [4.69, 9.17) is 21.3 Å². The fourth-order valence-corrected chi connectivity index (χ4v) is 3.07. The molecule has 3 rings (SSSR count). The van der Waals surface area contributed by atoms with Gasteiger partial charge in [-0.3, -0.25) is 0 Å². The molecule has 1 aromatic carbocycles. The fourth-order valence-electron chi connectivity index (χ4n) is 2.92. The summed E-state index contributed by atoms with van der Waals surface area (Å²) in [6.07, 6.45) is 2.24. The zero-order chi connectivity index (χ0) is 13.4. The number of aromatic nitrogens is 2. The van der Waals surface area contributed by atoms with Crippen LogP contribution >= 0.6 is 11.6 Å². The maximum absolute atomic E-state index is 6.33. The molecule has 2 aromatic rings. The minimum atomic E-state index is -0.0891. The van der Waals surface area contributed by atoms with Crippen LogP contribution in [0.4, 0.5) is 0 Å². The molecule has 3 nitrogen and oxygen atoms in total. The quantitative estimate of drug-likeness (QED) is 0.777. The summed E-state index contributed by atoms with van der Waals surface area (Å²) < 4.78 is 7.94. The number of alkyl halides is 1. The number of fused-ring (bicyclic) bond motifs is 1. The lowest BCUT2D eigenvalue weighted by molar-refractivity contribution is 0.0595. The molecule has 0 N–H and O–H groups in total. The third kappa shape index (κ3) is 2.26. The number of hydrogen-bond acceptors (Lipinski definition) is 2. The molecule has 19 heavy (non-hydrogen) atoms. The second-order valence-electron chi connectivity index (χ2n) is 5.27. The van der Waals surface area contributed by atoms with Gasteiger partial charge in [0, 0.05) is 6.61 Å². The van der Waals surface area contributed by atoms with E-state index < -0.39 is 0 Å². The van der Waals surface area contributed by atoms with Crippen molar-refractivity contribution in [3.8, 4) is 0 Å². The Bertz CT molecular complexity index is 585. The van der Waals surface area contributed by atoms with Gasteiger partial charge in [0.25, 0.3) is 0 Å². The van der Waals surface area contributed by atoms with Crippen LogP contribution in [0.1, 0.15) is 42.6 Å². The van der Waals surface area contributed by atoms with Crippen molar-refractivity contribution in [3.63, 3.8) is 0 Å². The molecule has 2 atom stereocenters. The number of benzene rings is 1. The summed E-state index contributed by atoms with van der Waals surface area (Å²) in [6, 6.07) is 6.60. The van der Waals surface area contributed by atoms with E-state index in [9.17, 15) is 0 Å². The standard InChI is InChI=1S/C15H19ClN2O/c1-10-5-3-7-13-14(10)18(15(17-13)11(2)16)12-6-4-8-19-9-12/h3,5,7,11-12H,4,6,8-9H2,1-2H3. The first-order valence-electron chi connectivity index (χ1n) is 6.87. The molecule has 2 unspecified atom stereocenters. The second-order valence-corrected chi connectivity index (χ2v) is 5.92. The molecule has 0 bridgehead atoms. The predicted molar refractivity (Wildman–Crippen MR) is 77.8 cm³/mol. The third-order valence-corrected chi connectivity index (χ3v) is 3.99. The summed E-state index contributed by atoms with van der Waals surface area (Å²) in [5.41, 5.74) is 3.49. The molecular formula is C15H19ClN2O. The van der Waals surface area contributed by atoms with Crippen LogP contribution in [0.2, 0.25) is 0 Å². The van der Waals surface area contributed by atoms with Crippen molar-refractivity contribution in [3.05, 3.63) is 29.6 Å². The van der Waals surface area contributed by atoms with Crippen LogP contribution in [0.5, 0.6) is 0 Å². The van der Waals surface area contributed by atoms with Crippen molar-refractivity contribution >= 4 is 22.6 Å². The average molecular weight is 279 g/mol. The zero-order valence-electron chi connectivity index (χ0n) is 11.4. The Morgan fingerprint density at radius 2 is 2.32 bits per heavy atom. The SMILES string of the molecule is Cc1cccc2nc(C(C)Cl)n(C3CCCOC3)c12. The zero-order valence-corrected chi connectivity index (χ0v) is 12.2. The lowest BCUT2D eigenvalue weighted by Crippen LogP contribution is -2.23. The highest BCUT2D eigenvalue weighted by atomic mass is 35.5. The maximum atomic E-state index is 6.33. The van der Waals surface area contributed by atoms with Gasteiger partial charge in [-0.25, -0.2) is 4.98 Å².